The fraction of sp³-hybridized carbons (Fsp3) is 0.310. The van der Waals surface area contributed by atoms with E-state index in [2.05, 4.69) is 15.9 Å². The van der Waals surface area contributed by atoms with Gasteiger partial charge in [0, 0.05) is 28.2 Å². The second-order valence-electron chi connectivity index (χ2n) is 9.13. The van der Waals surface area contributed by atoms with E-state index < -0.39 is 24.4 Å². The van der Waals surface area contributed by atoms with Gasteiger partial charge in [-0.05, 0) is 52.5 Å². The van der Waals surface area contributed by atoms with Crippen molar-refractivity contribution in [1.82, 2.24) is 4.90 Å². The number of carbonyl (C=O) groups excluding carboxylic acids is 1. The monoisotopic (exact) mass is 601 g/mol. The first kappa shape index (κ1) is 28.1. The molecule has 38 heavy (non-hydrogen) atoms. The minimum Gasteiger partial charge on any atom is -0.487 e. The molecule has 0 spiro atoms. The molecule has 0 bridgehead atoms. The van der Waals surface area contributed by atoms with E-state index in [0.29, 0.717) is 41.6 Å². The largest absolute Gasteiger partial charge is 0.487 e. The summed E-state index contributed by atoms with van der Waals surface area (Å²) in [6, 6.07) is 18.7. The number of hydrogen-bond acceptors (Lipinski definition) is 6. The molecular formula is C29H29BrClNO6. The molecule has 9 heteroatoms. The molecule has 1 fully saturated rings. The Balaban J connectivity index is 1.58. The van der Waals surface area contributed by atoms with Crippen LogP contribution in [0.4, 0.5) is 0 Å². The van der Waals surface area contributed by atoms with E-state index in [4.69, 9.17) is 26.2 Å². The molecule has 1 atom stereocenters. The van der Waals surface area contributed by atoms with E-state index in [1.807, 2.05) is 53.4 Å². The minimum atomic E-state index is -0.864. The second kappa shape index (κ2) is 13.2. The van der Waals surface area contributed by atoms with Crippen molar-refractivity contribution in [1.29, 1.82) is 0 Å². The van der Waals surface area contributed by atoms with Gasteiger partial charge < -0.3 is 19.7 Å². The number of likely N-dealkylation sites (tertiary alicyclic amines) is 1. The molecule has 200 valence electrons. The number of hydrogen-bond donors (Lipinski definition) is 2. The second-order valence-corrected chi connectivity index (χ2v) is 10.3. The van der Waals surface area contributed by atoms with Gasteiger partial charge >= 0.3 is 5.97 Å². The summed E-state index contributed by atoms with van der Waals surface area (Å²) in [6.45, 7) is 0.198. The fourth-order valence-corrected chi connectivity index (χ4v) is 5.36. The highest BCUT2D eigenvalue weighted by Gasteiger charge is 2.29. The van der Waals surface area contributed by atoms with Crippen LogP contribution in [0.15, 0.2) is 65.1 Å². The zero-order valence-corrected chi connectivity index (χ0v) is 23.1. The molecule has 0 saturated carbocycles. The van der Waals surface area contributed by atoms with Crippen LogP contribution in [0.25, 0.3) is 11.1 Å². The number of carbonyl (C=O) groups is 2. The maximum Gasteiger partial charge on any atom is 0.320 e. The van der Waals surface area contributed by atoms with E-state index in [0.717, 1.165) is 34.0 Å². The maximum absolute atomic E-state index is 11.8. The first-order chi connectivity index (χ1) is 18.4. The molecule has 1 heterocycles. The van der Waals surface area contributed by atoms with E-state index in [1.54, 1.807) is 12.1 Å². The molecule has 1 saturated heterocycles. The van der Waals surface area contributed by atoms with Gasteiger partial charge in [0.1, 0.15) is 37.4 Å². The Hall–Kier alpha value is -2.91. The van der Waals surface area contributed by atoms with Crippen LogP contribution in [0.3, 0.4) is 0 Å². The first-order valence-corrected chi connectivity index (χ1v) is 13.5. The van der Waals surface area contributed by atoms with Crippen molar-refractivity contribution in [3.63, 3.8) is 0 Å². The van der Waals surface area contributed by atoms with Crippen LogP contribution in [0.5, 0.6) is 11.5 Å². The topological polar surface area (TPSA) is 96.3 Å². The van der Waals surface area contributed by atoms with Crippen molar-refractivity contribution in [2.45, 2.75) is 38.5 Å². The van der Waals surface area contributed by atoms with Gasteiger partial charge in [0.05, 0.1) is 5.02 Å². The summed E-state index contributed by atoms with van der Waals surface area (Å²) in [5, 5.41) is 19.1. The first-order valence-electron chi connectivity index (χ1n) is 12.4. The number of carboxylic acid groups (broad SMARTS) is 1. The Bertz CT molecular complexity index is 1290. The molecule has 0 radical (unpaired) electrons. The third kappa shape index (κ3) is 6.94. The number of Topliss-reactive ketones (excluding diaryl/α,β-unsaturated/α-hetero) is 1. The lowest BCUT2D eigenvalue weighted by Crippen LogP contribution is -2.44. The molecule has 0 aromatic heterocycles. The average molecular weight is 603 g/mol. The number of nitrogens with zero attached hydrogens (tertiary/aromatic N) is 1. The predicted molar refractivity (Wildman–Crippen MR) is 149 cm³/mol. The highest BCUT2D eigenvalue weighted by atomic mass is 79.9. The number of ether oxygens (including phenoxy) is 2. The molecular weight excluding hydrogens is 574 g/mol. The Labute approximate surface area is 235 Å². The number of rotatable bonds is 11. The number of aliphatic carboxylic acids is 1. The SMILES string of the molecule is O=C(CO)COc1cc(OCc2cccc(-c3ccccc3)c2Br)c(Cl)cc1CN1CCCC[C@H]1C(=O)O. The molecule has 0 amide bonds. The number of aliphatic hydroxyl groups excluding tert-OH is 1. The van der Waals surface area contributed by atoms with Crippen molar-refractivity contribution >= 4 is 39.3 Å². The van der Waals surface area contributed by atoms with Gasteiger partial charge in [-0.25, -0.2) is 0 Å². The maximum atomic E-state index is 11.8. The number of halogens is 2. The van der Waals surface area contributed by atoms with Gasteiger partial charge in [-0.2, -0.15) is 0 Å². The number of carboxylic acids is 1. The Morgan fingerprint density at radius 1 is 1.00 bits per heavy atom. The average Bonchev–Trinajstić information content (AvgIpc) is 2.93. The summed E-state index contributed by atoms with van der Waals surface area (Å²) in [7, 11) is 0. The summed E-state index contributed by atoms with van der Waals surface area (Å²) >= 11 is 10.3. The quantitative estimate of drug-likeness (QED) is 0.289. The molecule has 7 nitrogen and oxygen atoms in total. The van der Waals surface area contributed by atoms with Crippen LogP contribution in [-0.4, -0.2) is 52.7 Å². The molecule has 1 aliphatic heterocycles. The van der Waals surface area contributed by atoms with Gasteiger partial charge in [0.2, 0.25) is 0 Å². The molecule has 2 N–H and O–H groups in total. The molecule has 1 aliphatic rings. The summed E-state index contributed by atoms with van der Waals surface area (Å²) in [5.41, 5.74) is 3.68. The molecule has 3 aromatic rings. The Morgan fingerprint density at radius 2 is 1.79 bits per heavy atom. The number of piperidine rings is 1. The van der Waals surface area contributed by atoms with Gasteiger partial charge in [-0.15, -0.1) is 0 Å². The van der Waals surface area contributed by atoms with Crippen molar-refractivity contribution < 1.29 is 29.3 Å². The molecule has 0 aliphatic carbocycles. The van der Waals surface area contributed by atoms with E-state index >= 15 is 0 Å². The van der Waals surface area contributed by atoms with Crippen molar-refractivity contribution in [3.05, 3.63) is 81.3 Å². The number of benzene rings is 3. The summed E-state index contributed by atoms with van der Waals surface area (Å²) in [5.74, 6) is -0.612. The van der Waals surface area contributed by atoms with Crippen molar-refractivity contribution in [3.8, 4) is 22.6 Å². The highest BCUT2D eigenvalue weighted by Crippen LogP contribution is 2.37. The number of ketones is 1. The van der Waals surface area contributed by atoms with Crippen LogP contribution >= 0.6 is 27.5 Å². The Kier molecular flexibility index (Phi) is 9.80. The standard InChI is InChI=1S/C29H29BrClNO6/c30-28-20(9-6-10-23(28)19-7-2-1-3-8-19)17-37-27-14-26(38-18-22(34)16-33)21(13-24(27)31)15-32-12-5-4-11-25(32)29(35)36/h1-3,6-10,13-14,25,33H,4-5,11-12,15-18H2,(H,35,36)/t25-/m0/s1. The van der Waals surface area contributed by atoms with Crippen molar-refractivity contribution in [2.24, 2.45) is 0 Å². The smallest absolute Gasteiger partial charge is 0.320 e. The fourth-order valence-electron chi connectivity index (χ4n) is 4.51. The lowest BCUT2D eigenvalue weighted by atomic mass is 10.0. The van der Waals surface area contributed by atoms with Crippen LogP contribution in [-0.2, 0) is 22.7 Å². The summed E-state index contributed by atoms with van der Waals surface area (Å²) < 4.78 is 12.7. The van der Waals surface area contributed by atoms with Gasteiger partial charge in [-0.3, -0.25) is 14.5 Å². The van der Waals surface area contributed by atoms with E-state index in [-0.39, 0.29) is 13.2 Å². The summed E-state index contributed by atoms with van der Waals surface area (Å²) in [6.07, 6.45) is 2.32. The molecule has 0 unspecified atom stereocenters. The third-order valence-electron chi connectivity index (χ3n) is 6.50. The van der Waals surface area contributed by atoms with Crippen molar-refractivity contribution in [2.75, 3.05) is 19.8 Å². The van der Waals surface area contributed by atoms with Crippen LogP contribution in [0, 0.1) is 0 Å². The van der Waals surface area contributed by atoms with Crippen LogP contribution in [0.2, 0.25) is 5.02 Å². The third-order valence-corrected chi connectivity index (χ3v) is 7.73. The normalized spacial score (nSPS) is 15.7. The van der Waals surface area contributed by atoms with Crippen LogP contribution in [0.1, 0.15) is 30.4 Å². The lowest BCUT2D eigenvalue weighted by Gasteiger charge is -2.33. The van der Waals surface area contributed by atoms with E-state index in [1.165, 1.54) is 0 Å². The minimum absolute atomic E-state index is 0.225. The number of aliphatic hydroxyl groups is 1. The molecule has 3 aromatic carbocycles. The van der Waals surface area contributed by atoms with Gasteiger partial charge in [0.15, 0.2) is 5.78 Å². The summed E-state index contributed by atoms with van der Waals surface area (Å²) in [4.78, 5) is 25.4. The van der Waals surface area contributed by atoms with E-state index in [9.17, 15) is 14.7 Å². The predicted octanol–water partition coefficient (Wildman–Crippen LogP) is 5.73. The highest BCUT2D eigenvalue weighted by molar-refractivity contribution is 9.10. The lowest BCUT2D eigenvalue weighted by molar-refractivity contribution is -0.144. The van der Waals surface area contributed by atoms with Crippen LogP contribution < -0.4 is 9.47 Å². The zero-order chi connectivity index (χ0) is 27.1. The zero-order valence-electron chi connectivity index (χ0n) is 20.7. The molecule has 4 rings (SSSR count). The van der Waals surface area contributed by atoms with Gasteiger partial charge in [-0.1, -0.05) is 66.6 Å². The van der Waals surface area contributed by atoms with Gasteiger partial charge in [0.25, 0.3) is 0 Å². The Morgan fingerprint density at radius 3 is 2.53 bits per heavy atom.